The Morgan fingerprint density at radius 1 is 1.20 bits per heavy atom. The van der Waals surface area contributed by atoms with Crippen LogP contribution in [0.4, 0.5) is 0 Å². The van der Waals surface area contributed by atoms with E-state index in [1.165, 1.54) is 25.7 Å². The fourth-order valence-corrected chi connectivity index (χ4v) is 1.21. The van der Waals surface area contributed by atoms with Crippen molar-refractivity contribution in [2.45, 2.75) is 51.3 Å². The summed E-state index contributed by atoms with van der Waals surface area (Å²) in [6, 6.07) is 0. The Bertz CT molecular complexity index is 69.1. The van der Waals surface area contributed by atoms with E-state index in [0.29, 0.717) is 4.83 Å². The molecule has 0 aliphatic heterocycles. The van der Waals surface area contributed by atoms with Gasteiger partial charge in [-0.3, -0.25) is 0 Å². The van der Waals surface area contributed by atoms with Gasteiger partial charge in [-0.25, -0.2) is 0 Å². The summed E-state index contributed by atoms with van der Waals surface area (Å²) in [5, 5.41) is 0. The minimum Gasteiger partial charge on any atom is -0.0891 e. The summed E-state index contributed by atoms with van der Waals surface area (Å²) in [6.45, 7) is 6.80. The van der Waals surface area contributed by atoms with Gasteiger partial charge < -0.3 is 0 Å². The third-order valence-corrected chi connectivity index (χ3v) is 2.95. The number of alkyl halides is 1. The Kier molecular flexibility index (Phi) is 6.50. The molecule has 0 bridgehead atoms. The van der Waals surface area contributed by atoms with Gasteiger partial charge in [0.1, 0.15) is 0 Å². The fraction of sp³-hybridized carbons (Fsp3) is 1.00. The highest BCUT2D eigenvalue weighted by molar-refractivity contribution is 9.09. The fourth-order valence-electron chi connectivity index (χ4n) is 0.946. The van der Waals surface area contributed by atoms with Crippen molar-refractivity contribution in [3.8, 4) is 0 Å². The van der Waals surface area contributed by atoms with Crippen LogP contribution in [0, 0.1) is 5.92 Å². The second-order valence-electron chi connectivity index (χ2n) is 3.15. The molecule has 0 aromatic carbocycles. The molecule has 0 aromatic rings. The van der Waals surface area contributed by atoms with Gasteiger partial charge in [0, 0.05) is 4.83 Å². The van der Waals surface area contributed by atoms with E-state index in [1.54, 1.807) is 0 Å². The van der Waals surface area contributed by atoms with Crippen LogP contribution in [0.3, 0.4) is 0 Å². The normalized spacial score (nSPS) is 16.8. The van der Waals surface area contributed by atoms with E-state index in [-0.39, 0.29) is 0 Å². The Morgan fingerprint density at radius 3 is 2.20 bits per heavy atom. The van der Waals surface area contributed by atoms with Gasteiger partial charge in [0.25, 0.3) is 0 Å². The molecule has 0 heterocycles. The third-order valence-electron chi connectivity index (χ3n) is 2.05. The van der Waals surface area contributed by atoms with Crippen molar-refractivity contribution in [2.75, 3.05) is 0 Å². The minimum atomic E-state index is 0.685. The van der Waals surface area contributed by atoms with E-state index in [0.717, 1.165) is 5.92 Å². The summed E-state index contributed by atoms with van der Waals surface area (Å²) in [5.74, 6) is 0.839. The van der Waals surface area contributed by atoms with Crippen molar-refractivity contribution in [3.05, 3.63) is 0 Å². The summed E-state index contributed by atoms with van der Waals surface area (Å²) in [7, 11) is 0. The van der Waals surface area contributed by atoms with Crippen molar-refractivity contribution >= 4 is 15.9 Å². The first-order chi connectivity index (χ1) is 4.68. The van der Waals surface area contributed by atoms with E-state index in [2.05, 4.69) is 36.7 Å². The highest BCUT2D eigenvalue weighted by Gasteiger charge is 2.06. The van der Waals surface area contributed by atoms with Gasteiger partial charge in [0.05, 0.1) is 0 Å². The molecule has 0 aliphatic rings. The largest absolute Gasteiger partial charge is 0.0891 e. The third kappa shape index (κ3) is 5.28. The molecule has 0 saturated heterocycles. The SMILES string of the molecule is CCCCCC(C)C(C)Br. The molecule has 2 unspecified atom stereocenters. The number of halogens is 1. The summed E-state index contributed by atoms with van der Waals surface area (Å²) >= 11 is 3.59. The number of rotatable bonds is 5. The van der Waals surface area contributed by atoms with Crippen molar-refractivity contribution in [1.29, 1.82) is 0 Å². The second-order valence-corrected chi connectivity index (χ2v) is 4.59. The number of hydrogen-bond acceptors (Lipinski definition) is 0. The first-order valence-electron chi connectivity index (χ1n) is 4.32. The minimum absolute atomic E-state index is 0.685. The van der Waals surface area contributed by atoms with Crippen LogP contribution < -0.4 is 0 Å². The van der Waals surface area contributed by atoms with Crippen LogP contribution in [0.15, 0.2) is 0 Å². The Hall–Kier alpha value is 0.480. The van der Waals surface area contributed by atoms with Crippen LogP contribution in [-0.2, 0) is 0 Å². The van der Waals surface area contributed by atoms with Crippen LogP contribution in [0.1, 0.15) is 46.5 Å². The molecule has 10 heavy (non-hydrogen) atoms. The lowest BCUT2D eigenvalue weighted by atomic mass is 10.0. The Morgan fingerprint density at radius 2 is 1.80 bits per heavy atom. The molecular weight excluding hydrogens is 188 g/mol. The van der Waals surface area contributed by atoms with Crippen LogP contribution in [0.5, 0.6) is 0 Å². The van der Waals surface area contributed by atoms with Gasteiger partial charge >= 0.3 is 0 Å². The smallest absolute Gasteiger partial charge is 0.0143 e. The van der Waals surface area contributed by atoms with E-state index < -0.39 is 0 Å². The second kappa shape index (κ2) is 6.21. The van der Waals surface area contributed by atoms with Crippen LogP contribution in [0.25, 0.3) is 0 Å². The topological polar surface area (TPSA) is 0 Å². The zero-order chi connectivity index (χ0) is 7.98. The van der Waals surface area contributed by atoms with Gasteiger partial charge in [0.2, 0.25) is 0 Å². The zero-order valence-corrected chi connectivity index (χ0v) is 8.95. The average molecular weight is 207 g/mol. The summed E-state index contributed by atoms with van der Waals surface area (Å²) in [5.41, 5.74) is 0. The Labute approximate surface area is 73.5 Å². The summed E-state index contributed by atoms with van der Waals surface area (Å²) in [4.78, 5) is 0.685. The maximum absolute atomic E-state index is 3.59. The molecule has 2 atom stereocenters. The monoisotopic (exact) mass is 206 g/mol. The molecule has 0 radical (unpaired) electrons. The van der Waals surface area contributed by atoms with E-state index in [9.17, 15) is 0 Å². The van der Waals surface area contributed by atoms with Gasteiger partial charge in [-0.1, -0.05) is 56.0 Å². The van der Waals surface area contributed by atoms with Crippen molar-refractivity contribution in [1.82, 2.24) is 0 Å². The molecule has 0 N–H and O–H groups in total. The van der Waals surface area contributed by atoms with E-state index in [1.807, 2.05) is 0 Å². The molecule has 0 nitrogen and oxygen atoms in total. The summed E-state index contributed by atoms with van der Waals surface area (Å²) < 4.78 is 0. The Balaban J connectivity index is 3.13. The predicted octanol–water partition coefficient (Wildman–Crippen LogP) is 3.99. The number of unbranched alkanes of at least 4 members (excludes halogenated alkanes) is 2. The molecular formula is C9H19Br. The van der Waals surface area contributed by atoms with Gasteiger partial charge in [-0.05, 0) is 12.3 Å². The van der Waals surface area contributed by atoms with Crippen LogP contribution in [0.2, 0.25) is 0 Å². The van der Waals surface area contributed by atoms with Gasteiger partial charge in [0.15, 0.2) is 0 Å². The highest BCUT2D eigenvalue weighted by atomic mass is 79.9. The molecule has 0 amide bonds. The molecule has 0 spiro atoms. The molecule has 62 valence electrons. The molecule has 0 aliphatic carbocycles. The van der Waals surface area contributed by atoms with Crippen molar-refractivity contribution < 1.29 is 0 Å². The van der Waals surface area contributed by atoms with Crippen molar-refractivity contribution in [2.24, 2.45) is 5.92 Å². The lowest BCUT2D eigenvalue weighted by molar-refractivity contribution is 0.496. The van der Waals surface area contributed by atoms with Crippen LogP contribution in [-0.4, -0.2) is 4.83 Å². The molecule has 0 saturated carbocycles. The standard InChI is InChI=1S/C9H19Br/c1-4-5-6-7-8(2)9(3)10/h8-9H,4-7H2,1-3H3. The maximum Gasteiger partial charge on any atom is 0.0143 e. The summed E-state index contributed by atoms with van der Waals surface area (Å²) in [6.07, 6.45) is 5.50. The number of hydrogen-bond donors (Lipinski definition) is 0. The average Bonchev–Trinajstić information content (AvgIpc) is 1.88. The first kappa shape index (κ1) is 10.5. The van der Waals surface area contributed by atoms with Crippen LogP contribution >= 0.6 is 15.9 Å². The highest BCUT2D eigenvalue weighted by Crippen LogP contribution is 2.18. The van der Waals surface area contributed by atoms with E-state index in [4.69, 9.17) is 0 Å². The first-order valence-corrected chi connectivity index (χ1v) is 5.24. The van der Waals surface area contributed by atoms with Gasteiger partial charge in [-0.15, -0.1) is 0 Å². The zero-order valence-electron chi connectivity index (χ0n) is 7.36. The van der Waals surface area contributed by atoms with Crippen molar-refractivity contribution in [3.63, 3.8) is 0 Å². The maximum atomic E-state index is 3.59. The molecule has 0 aromatic heterocycles. The van der Waals surface area contributed by atoms with Gasteiger partial charge in [-0.2, -0.15) is 0 Å². The predicted molar refractivity (Wildman–Crippen MR) is 51.7 cm³/mol. The molecule has 0 fully saturated rings. The molecule has 0 rings (SSSR count). The van der Waals surface area contributed by atoms with E-state index >= 15 is 0 Å². The lowest BCUT2D eigenvalue weighted by Gasteiger charge is -2.12. The lowest BCUT2D eigenvalue weighted by Crippen LogP contribution is -2.05. The quantitative estimate of drug-likeness (QED) is 0.472. The molecule has 1 heteroatoms.